The monoisotopic (exact) mass is 439 g/mol. The summed E-state index contributed by atoms with van der Waals surface area (Å²) in [5.74, 6) is -0.390. The molecule has 1 amide bonds. The van der Waals surface area contributed by atoms with E-state index in [1.165, 1.54) is 17.7 Å². The average Bonchev–Trinajstić information content (AvgIpc) is 3.02. The van der Waals surface area contributed by atoms with Crippen LogP contribution in [0.15, 0.2) is 70.2 Å². The van der Waals surface area contributed by atoms with Crippen LogP contribution in [0.1, 0.15) is 15.2 Å². The summed E-state index contributed by atoms with van der Waals surface area (Å²) in [6.07, 6.45) is 1.35. The molecule has 0 aliphatic rings. The van der Waals surface area contributed by atoms with Crippen molar-refractivity contribution >= 4 is 43.4 Å². The summed E-state index contributed by atoms with van der Waals surface area (Å²) in [5, 5.41) is 0.513. The molecule has 4 aromatic rings. The molecule has 0 aliphatic heterocycles. The quantitative estimate of drug-likeness (QED) is 0.507. The molecule has 2 aromatic heterocycles. The Bertz CT molecular complexity index is 1220. The molecule has 0 saturated carbocycles. The maximum absolute atomic E-state index is 13.1. The van der Waals surface area contributed by atoms with Crippen LogP contribution in [0.3, 0.4) is 0 Å². The van der Waals surface area contributed by atoms with Gasteiger partial charge < -0.3 is 0 Å². The number of benzene rings is 2. The van der Waals surface area contributed by atoms with Crippen LogP contribution in [0.4, 0.5) is 0 Å². The second-order valence-electron chi connectivity index (χ2n) is 5.92. The highest BCUT2D eigenvalue weighted by Gasteiger charge is 2.18. The Morgan fingerprint density at radius 1 is 1.11 bits per heavy atom. The molecule has 7 heteroatoms. The fourth-order valence-electron chi connectivity index (χ4n) is 2.95. The summed E-state index contributed by atoms with van der Waals surface area (Å²) >= 11 is 4.82. The molecule has 0 spiro atoms. The lowest BCUT2D eigenvalue weighted by molar-refractivity contribution is 0.101. The molecule has 27 heavy (non-hydrogen) atoms. The zero-order chi connectivity index (χ0) is 19.0. The van der Waals surface area contributed by atoms with E-state index < -0.39 is 0 Å². The third-order valence-corrected chi connectivity index (χ3v) is 5.90. The largest absolute Gasteiger partial charge is 0.281 e. The van der Waals surface area contributed by atoms with E-state index in [1.807, 2.05) is 43.3 Å². The number of fused-ring (bicyclic) bond motifs is 1. The van der Waals surface area contributed by atoms with Crippen LogP contribution in [-0.4, -0.2) is 15.6 Å². The summed E-state index contributed by atoms with van der Waals surface area (Å²) in [6, 6.07) is 16.8. The summed E-state index contributed by atoms with van der Waals surface area (Å²) in [7, 11) is 0. The number of aromatic nitrogens is 2. The van der Waals surface area contributed by atoms with Gasteiger partial charge in [0, 0.05) is 14.9 Å². The van der Waals surface area contributed by atoms with E-state index in [4.69, 9.17) is 0 Å². The normalized spacial score (nSPS) is 10.9. The molecule has 134 valence electrons. The van der Waals surface area contributed by atoms with Gasteiger partial charge >= 0.3 is 0 Å². The second-order valence-corrected chi connectivity index (χ2v) is 7.98. The van der Waals surface area contributed by atoms with Gasteiger partial charge in [0.1, 0.15) is 11.2 Å². The van der Waals surface area contributed by atoms with Gasteiger partial charge in [0.15, 0.2) is 0 Å². The van der Waals surface area contributed by atoms with E-state index >= 15 is 0 Å². The highest BCUT2D eigenvalue weighted by Crippen LogP contribution is 2.35. The lowest BCUT2D eigenvalue weighted by Crippen LogP contribution is -2.33. The van der Waals surface area contributed by atoms with E-state index in [0.29, 0.717) is 20.3 Å². The minimum atomic E-state index is -0.390. The minimum absolute atomic E-state index is 0.302. The lowest BCUT2D eigenvalue weighted by atomic mass is 10.0. The van der Waals surface area contributed by atoms with E-state index in [-0.39, 0.29) is 11.5 Å². The Hall–Kier alpha value is -2.77. The minimum Gasteiger partial charge on any atom is -0.267 e. The summed E-state index contributed by atoms with van der Waals surface area (Å²) < 4.78 is 1.80. The van der Waals surface area contributed by atoms with Gasteiger partial charge in [0.25, 0.3) is 11.5 Å². The number of carbonyl (C=O) groups is 1. The summed E-state index contributed by atoms with van der Waals surface area (Å²) in [5.41, 5.74) is 4.57. The Labute approximate surface area is 167 Å². The van der Waals surface area contributed by atoms with Gasteiger partial charge in [-0.1, -0.05) is 42.5 Å². The van der Waals surface area contributed by atoms with Gasteiger partial charge in [-0.05, 0) is 40.5 Å². The number of thiophene rings is 1. The molecule has 0 aliphatic carbocycles. The molecular formula is C20H14BrN3O2S. The summed E-state index contributed by atoms with van der Waals surface area (Å²) in [6.45, 7) is 1.97. The molecule has 0 atom stereocenters. The maximum Gasteiger partial charge on any atom is 0.281 e. The molecule has 4 rings (SSSR count). The van der Waals surface area contributed by atoms with Crippen LogP contribution < -0.4 is 11.0 Å². The second kappa shape index (κ2) is 7.09. The molecule has 2 heterocycles. The van der Waals surface area contributed by atoms with Gasteiger partial charge in [-0.2, -0.15) is 0 Å². The third kappa shape index (κ3) is 3.20. The number of aryl methyl sites for hydroxylation is 1. The van der Waals surface area contributed by atoms with Crippen molar-refractivity contribution in [3.63, 3.8) is 0 Å². The Kier molecular flexibility index (Phi) is 4.63. The number of hydrogen-bond acceptors (Lipinski definition) is 4. The number of nitrogens with one attached hydrogen (secondary N) is 1. The molecule has 2 aromatic carbocycles. The predicted molar refractivity (Wildman–Crippen MR) is 112 cm³/mol. The van der Waals surface area contributed by atoms with Gasteiger partial charge in [-0.15, -0.1) is 11.3 Å². The first-order valence-corrected chi connectivity index (χ1v) is 9.79. The standard InChI is InChI=1S/C20H14BrN3O2S/c1-12-16(13-7-3-2-4-8-13)17-19(27-12)22-11-24(20(17)26)23-18(25)14-9-5-6-10-15(14)21/h2-11H,1H3,(H,23,25). The molecule has 1 N–H and O–H groups in total. The van der Waals surface area contributed by atoms with Crippen molar-refractivity contribution in [2.24, 2.45) is 0 Å². The van der Waals surface area contributed by atoms with Crippen LogP contribution in [0.5, 0.6) is 0 Å². The van der Waals surface area contributed by atoms with Crippen LogP contribution in [0.2, 0.25) is 0 Å². The van der Waals surface area contributed by atoms with Crippen molar-refractivity contribution in [3.05, 3.63) is 86.2 Å². The van der Waals surface area contributed by atoms with E-state index in [9.17, 15) is 9.59 Å². The van der Waals surface area contributed by atoms with Crippen LogP contribution >= 0.6 is 27.3 Å². The first kappa shape index (κ1) is 17.6. The molecule has 0 fully saturated rings. The van der Waals surface area contributed by atoms with E-state index in [2.05, 4.69) is 26.3 Å². The first-order chi connectivity index (χ1) is 13.1. The Morgan fingerprint density at radius 2 is 1.81 bits per heavy atom. The molecule has 0 unspecified atom stereocenters. The smallest absolute Gasteiger partial charge is 0.267 e. The van der Waals surface area contributed by atoms with Crippen molar-refractivity contribution in [1.29, 1.82) is 0 Å². The van der Waals surface area contributed by atoms with Crippen molar-refractivity contribution in [2.45, 2.75) is 6.92 Å². The van der Waals surface area contributed by atoms with Gasteiger partial charge in [0.05, 0.1) is 10.9 Å². The van der Waals surface area contributed by atoms with E-state index in [1.54, 1.807) is 18.2 Å². The van der Waals surface area contributed by atoms with Crippen molar-refractivity contribution in [2.75, 3.05) is 5.43 Å². The zero-order valence-corrected chi connectivity index (χ0v) is 16.7. The fraction of sp³-hybridized carbons (Fsp3) is 0.0500. The Balaban J connectivity index is 1.82. The zero-order valence-electron chi connectivity index (χ0n) is 14.3. The van der Waals surface area contributed by atoms with Crippen LogP contribution in [-0.2, 0) is 0 Å². The van der Waals surface area contributed by atoms with Crippen molar-refractivity contribution in [3.8, 4) is 11.1 Å². The maximum atomic E-state index is 13.1. The SMILES string of the molecule is Cc1sc2ncn(NC(=O)c3ccccc3Br)c(=O)c2c1-c1ccccc1. The first-order valence-electron chi connectivity index (χ1n) is 8.18. The number of carbonyl (C=O) groups excluding carboxylic acids is 1. The molecule has 0 radical (unpaired) electrons. The number of hydrogen-bond donors (Lipinski definition) is 1. The predicted octanol–water partition coefficient (Wildman–Crippen LogP) is 4.58. The van der Waals surface area contributed by atoms with Gasteiger partial charge in [0.2, 0.25) is 0 Å². The van der Waals surface area contributed by atoms with Crippen molar-refractivity contribution in [1.82, 2.24) is 9.66 Å². The van der Waals surface area contributed by atoms with Gasteiger partial charge in [-0.3, -0.25) is 15.0 Å². The molecule has 0 bridgehead atoms. The molecular weight excluding hydrogens is 426 g/mol. The highest BCUT2D eigenvalue weighted by molar-refractivity contribution is 9.10. The third-order valence-electron chi connectivity index (χ3n) is 4.19. The highest BCUT2D eigenvalue weighted by atomic mass is 79.9. The number of nitrogens with zero attached hydrogens (tertiary/aromatic N) is 2. The number of rotatable bonds is 3. The summed E-state index contributed by atoms with van der Waals surface area (Å²) in [4.78, 5) is 31.7. The number of halogens is 1. The van der Waals surface area contributed by atoms with Crippen LogP contribution in [0.25, 0.3) is 21.3 Å². The van der Waals surface area contributed by atoms with Gasteiger partial charge in [-0.25, -0.2) is 9.66 Å². The fourth-order valence-corrected chi connectivity index (χ4v) is 4.42. The topological polar surface area (TPSA) is 64.0 Å². The lowest BCUT2D eigenvalue weighted by Gasteiger charge is -2.09. The molecule has 5 nitrogen and oxygen atoms in total. The van der Waals surface area contributed by atoms with Crippen LogP contribution in [0, 0.1) is 6.92 Å². The molecule has 0 saturated heterocycles. The average molecular weight is 440 g/mol. The van der Waals surface area contributed by atoms with Crippen molar-refractivity contribution < 1.29 is 4.79 Å². The van der Waals surface area contributed by atoms with E-state index in [0.717, 1.165) is 20.7 Å². The number of amides is 1. The Morgan fingerprint density at radius 3 is 2.56 bits per heavy atom.